The molecule has 0 saturated heterocycles. The van der Waals surface area contributed by atoms with E-state index < -0.39 is 0 Å². The van der Waals surface area contributed by atoms with E-state index in [1.807, 2.05) is 25.3 Å². The van der Waals surface area contributed by atoms with Crippen molar-refractivity contribution in [3.8, 4) is 5.75 Å². The summed E-state index contributed by atoms with van der Waals surface area (Å²) >= 11 is 7.51. The van der Waals surface area contributed by atoms with Gasteiger partial charge in [-0.2, -0.15) is 4.99 Å². The molecule has 0 unspecified atom stereocenters. The van der Waals surface area contributed by atoms with Crippen LogP contribution >= 0.6 is 22.9 Å². The smallest absolute Gasteiger partial charge is 0.283 e. The van der Waals surface area contributed by atoms with Crippen LogP contribution in [0.15, 0.2) is 23.2 Å². The first-order chi connectivity index (χ1) is 11.5. The summed E-state index contributed by atoms with van der Waals surface area (Å²) < 4.78 is 12.6. The Kier molecular flexibility index (Phi) is 6.60. The minimum atomic E-state index is -0.367. The number of benzene rings is 1. The number of hydrogen-bond donors (Lipinski definition) is 0. The highest BCUT2D eigenvalue weighted by atomic mass is 35.5. The van der Waals surface area contributed by atoms with Crippen molar-refractivity contribution < 1.29 is 14.3 Å². The van der Waals surface area contributed by atoms with Crippen LogP contribution in [-0.2, 0) is 11.3 Å². The van der Waals surface area contributed by atoms with E-state index in [2.05, 4.69) is 4.99 Å². The van der Waals surface area contributed by atoms with E-state index in [1.165, 1.54) is 11.3 Å². The van der Waals surface area contributed by atoms with Crippen molar-refractivity contribution in [1.29, 1.82) is 0 Å². The minimum Gasteiger partial charge on any atom is -0.493 e. The Hall–Kier alpha value is -1.63. The van der Waals surface area contributed by atoms with Gasteiger partial charge in [0.25, 0.3) is 5.91 Å². The number of rotatable bonds is 6. The predicted molar refractivity (Wildman–Crippen MR) is 96.2 cm³/mol. The maximum atomic E-state index is 12.7. The van der Waals surface area contributed by atoms with Crippen LogP contribution in [0.1, 0.15) is 27.9 Å². The number of nitrogens with zero attached hydrogens (tertiary/aromatic N) is 2. The van der Waals surface area contributed by atoms with Crippen LogP contribution in [0.3, 0.4) is 0 Å². The molecular formula is C17H21ClN2O3S. The van der Waals surface area contributed by atoms with Crippen LogP contribution in [0.5, 0.6) is 5.75 Å². The maximum absolute atomic E-state index is 12.7. The largest absolute Gasteiger partial charge is 0.493 e. The fraction of sp³-hybridized carbons (Fsp3) is 0.412. The van der Waals surface area contributed by atoms with E-state index >= 15 is 0 Å². The van der Waals surface area contributed by atoms with E-state index in [-0.39, 0.29) is 5.91 Å². The molecule has 1 heterocycles. The average Bonchev–Trinajstić information content (AvgIpc) is 2.81. The maximum Gasteiger partial charge on any atom is 0.283 e. The molecule has 24 heavy (non-hydrogen) atoms. The summed E-state index contributed by atoms with van der Waals surface area (Å²) in [5, 5.41) is 0.475. The number of ether oxygens (including phenoxy) is 2. The van der Waals surface area contributed by atoms with Crippen molar-refractivity contribution in [3.05, 3.63) is 44.2 Å². The molecule has 0 atom stereocenters. The highest BCUT2D eigenvalue weighted by molar-refractivity contribution is 7.09. The fourth-order valence-electron chi connectivity index (χ4n) is 2.23. The lowest BCUT2D eigenvalue weighted by atomic mass is 10.2. The molecular weight excluding hydrogens is 348 g/mol. The number of aromatic nitrogens is 1. The van der Waals surface area contributed by atoms with Crippen LogP contribution in [0.2, 0.25) is 5.02 Å². The van der Waals surface area contributed by atoms with Gasteiger partial charge in [-0.05, 0) is 39.0 Å². The standard InChI is InChI=1S/C17H21ClN2O3S/c1-5-23-15-7-6-13(18)10-14(15)16(21)19-17-20(8-9-22-4)11(2)12(3)24-17/h6-7,10H,5,8-9H2,1-4H3. The molecule has 0 bridgehead atoms. The van der Waals surface area contributed by atoms with Gasteiger partial charge in [-0.3, -0.25) is 4.79 Å². The number of hydrogen-bond acceptors (Lipinski definition) is 4. The van der Waals surface area contributed by atoms with Crippen molar-refractivity contribution in [3.63, 3.8) is 0 Å². The first kappa shape index (κ1) is 18.7. The van der Waals surface area contributed by atoms with Gasteiger partial charge in [0.05, 0.1) is 18.8 Å². The third-order valence-electron chi connectivity index (χ3n) is 3.58. The lowest BCUT2D eigenvalue weighted by Gasteiger charge is -2.08. The highest BCUT2D eigenvalue weighted by Crippen LogP contribution is 2.24. The number of carbonyl (C=O) groups is 1. The lowest BCUT2D eigenvalue weighted by molar-refractivity contribution is 0.0993. The summed E-state index contributed by atoms with van der Waals surface area (Å²) in [6, 6.07) is 4.98. The SMILES string of the molecule is CCOc1ccc(Cl)cc1C(=O)N=c1sc(C)c(C)n1CCOC. The zero-order valence-electron chi connectivity index (χ0n) is 14.3. The van der Waals surface area contributed by atoms with Gasteiger partial charge in [0.2, 0.25) is 0 Å². The first-order valence-corrected chi connectivity index (χ1v) is 8.84. The van der Waals surface area contributed by atoms with Crippen molar-refractivity contribution >= 4 is 28.8 Å². The Morgan fingerprint density at radius 2 is 2.12 bits per heavy atom. The van der Waals surface area contributed by atoms with Crippen molar-refractivity contribution in [2.75, 3.05) is 20.3 Å². The quantitative estimate of drug-likeness (QED) is 0.782. The molecule has 0 aliphatic rings. The first-order valence-electron chi connectivity index (χ1n) is 7.65. The Morgan fingerprint density at radius 3 is 2.79 bits per heavy atom. The van der Waals surface area contributed by atoms with Gasteiger partial charge in [0.1, 0.15) is 5.75 Å². The molecule has 130 valence electrons. The zero-order valence-corrected chi connectivity index (χ0v) is 15.8. The summed E-state index contributed by atoms with van der Waals surface area (Å²) in [6.45, 7) is 7.55. The second-order valence-electron chi connectivity index (χ2n) is 5.16. The van der Waals surface area contributed by atoms with Crippen LogP contribution in [-0.4, -0.2) is 30.8 Å². The molecule has 0 aliphatic carbocycles. The van der Waals surface area contributed by atoms with Gasteiger partial charge >= 0.3 is 0 Å². The second kappa shape index (κ2) is 8.46. The Labute approximate surface area is 150 Å². The monoisotopic (exact) mass is 368 g/mol. The summed E-state index contributed by atoms with van der Waals surface area (Å²) in [5.41, 5.74) is 1.45. The molecule has 0 radical (unpaired) electrons. The van der Waals surface area contributed by atoms with Crippen molar-refractivity contribution in [2.45, 2.75) is 27.3 Å². The van der Waals surface area contributed by atoms with Crippen molar-refractivity contribution in [1.82, 2.24) is 4.57 Å². The summed E-state index contributed by atoms with van der Waals surface area (Å²) in [4.78, 5) is 18.7. The van der Waals surface area contributed by atoms with E-state index in [1.54, 1.807) is 25.3 Å². The fourth-order valence-corrected chi connectivity index (χ4v) is 3.40. The third-order valence-corrected chi connectivity index (χ3v) is 4.91. The van der Waals surface area contributed by atoms with Crippen LogP contribution < -0.4 is 9.54 Å². The number of methoxy groups -OCH3 is 1. The molecule has 0 aliphatic heterocycles. The van der Waals surface area contributed by atoms with E-state index in [0.717, 1.165) is 10.6 Å². The van der Waals surface area contributed by atoms with E-state index in [4.69, 9.17) is 21.1 Å². The number of halogens is 1. The third kappa shape index (κ3) is 4.26. The van der Waals surface area contributed by atoms with Gasteiger partial charge in [-0.25, -0.2) is 0 Å². The average molecular weight is 369 g/mol. The van der Waals surface area contributed by atoms with Crippen LogP contribution in [0.4, 0.5) is 0 Å². The van der Waals surface area contributed by atoms with Crippen LogP contribution in [0, 0.1) is 13.8 Å². The van der Waals surface area contributed by atoms with Gasteiger partial charge in [0, 0.05) is 29.2 Å². The normalized spacial score (nSPS) is 11.8. The van der Waals surface area contributed by atoms with Crippen LogP contribution in [0.25, 0.3) is 0 Å². The molecule has 0 fully saturated rings. The molecule has 7 heteroatoms. The predicted octanol–water partition coefficient (Wildman–Crippen LogP) is 3.61. The summed E-state index contributed by atoms with van der Waals surface area (Å²) in [7, 11) is 1.65. The molecule has 0 saturated carbocycles. The summed E-state index contributed by atoms with van der Waals surface area (Å²) in [5.74, 6) is 0.123. The molecule has 1 aromatic heterocycles. The van der Waals surface area contributed by atoms with Crippen molar-refractivity contribution in [2.24, 2.45) is 4.99 Å². The number of amides is 1. The molecule has 1 aromatic carbocycles. The van der Waals surface area contributed by atoms with Gasteiger partial charge < -0.3 is 14.0 Å². The molecule has 5 nitrogen and oxygen atoms in total. The minimum absolute atomic E-state index is 0.367. The number of carbonyl (C=O) groups excluding carboxylic acids is 1. The number of thiazole rings is 1. The molecule has 2 rings (SSSR count). The Balaban J connectivity index is 2.47. The molecule has 0 spiro atoms. The van der Waals surface area contributed by atoms with E-state index in [9.17, 15) is 4.79 Å². The second-order valence-corrected chi connectivity index (χ2v) is 6.78. The number of aryl methyl sites for hydroxylation is 1. The topological polar surface area (TPSA) is 52.8 Å². The Bertz CT molecular complexity index is 796. The molecule has 2 aromatic rings. The van der Waals surface area contributed by atoms with E-state index in [0.29, 0.717) is 40.9 Å². The van der Waals surface area contributed by atoms with Gasteiger partial charge in [-0.15, -0.1) is 11.3 Å². The van der Waals surface area contributed by atoms with Gasteiger partial charge in [0.15, 0.2) is 4.80 Å². The Morgan fingerprint density at radius 1 is 1.38 bits per heavy atom. The van der Waals surface area contributed by atoms with Gasteiger partial charge in [-0.1, -0.05) is 11.6 Å². The highest BCUT2D eigenvalue weighted by Gasteiger charge is 2.14. The molecule has 1 amide bonds. The zero-order chi connectivity index (χ0) is 17.7. The lowest BCUT2D eigenvalue weighted by Crippen LogP contribution is -2.20. The summed E-state index contributed by atoms with van der Waals surface area (Å²) in [6.07, 6.45) is 0. The molecule has 0 N–H and O–H groups in total.